The molecular formula is C16H13ClN2O2S. The van der Waals surface area contributed by atoms with Gasteiger partial charge in [0.15, 0.2) is 0 Å². The van der Waals surface area contributed by atoms with Gasteiger partial charge in [-0.3, -0.25) is 10.2 Å². The Kier molecular flexibility index (Phi) is 4.29. The predicted octanol–water partition coefficient (Wildman–Crippen LogP) is 3.69. The van der Waals surface area contributed by atoms with E-state index in [1.54, 1.807) is 18.2 Å². The van der Waals surface area contributed by atoms with Gasteiger partial charge in [0.05, 0.1) is 5.02 Å². The SMILES string of the molecule is O=C(NNCc1ccccc1O)c1sc2ccccc2c1Cl. The Bertz CT molecular complexity index is 832. The number of para-hydroxylation sites is 1. The van der Waals surface area contributed by atoms with Crippen molar-refractivity contribution in [3.63, 3.8) is 0 Å². The number of carbonyl (C=O) groups is 1. The number of amides is 1. The lowest BCUT2D eigenvalue weighted by Gasteiger charge is -2.07. The number of aromatic hydroxyl groups is 1. The fourth-order valence-corrected chi connectivity index (χ4v) is 3.51. The number of fused-ring (bicyclic) bond motifs is 1. The van der Waals surface area contributed by atoms with Gasteiger partial charge in [-0.15, -0.1) is 11.3 Å². The smallest absolute Gasteiger partial charge is 0.277 e. The molecule has 3 N–H and O–H groups in total. The van der Waals surface area contributed by atoms with Crippen LogP contribution in [-0.4, -0.2) is 11.0 Å². The first kappa shape index (κ1) is 14.8. The first-order valence-corrected chi connectivity index (χ1v) is 7.83. The Hall–Kier alpha value is -2.08. The number of hydrazine groups is 1. The van der Waals surface area contributed by atoms with E-state index in [2.05, 4.69) is 10.9 Å². The number of nitrogens with one attached hydrogen (secondary N) is 2. The molecule has 22 heavy (non-hydrogen) atoms. The number of thiophene rings is 1. The van der Waals surface area contributed by atoms with Gasteiger partial charge in [0.25, 0.3) is 5.91 Å². The Balaban J connectivity index is 1.69. The van der Waals surface area contributed by atoms with Crippen molar-refractivity contribution in [2.75, 3.05) is 0 Å². The van der Waals surface area contributed by atoms with Gasteiger partial charge in [0.2, 0.25) is 0 Å². The van der Waals surface area contributed by atoms with E-state index in [9.17, 15) is 9.90 Å². The normalized spacial score (nSPS) is 10.8. The molecule has 0 fully saturated rings. The Morgan fingerprint density at radius 3 is 2.64 bits per heavy atom. The summed E-state index contributed by atoms with van der Waals surface area (Å²) in [6.45, 7) is 0.320. The quantitative estimate of drug-likeness (QED) is 0.638. The Morgan fingerprint density at radius 1 is 1.14 bits per heavy atom. The van der Waals surface area contributed by atoms with Crippen LogP contribution in [0.5, 0.6) is 5.75 Å². The topological polar surface area (TPSA) is 61.4 Å². The average molecular weight is 333 g/mol. The van der Waals surface area contributed by atoms with Crippen LogP contribution < -0.4 is 10.9 Å². The van der Waals surface area contributed by atoms with E-state index in [4.69, 9.17) is 11.6 Å². The molecule has 1 aromatic heterocycles. The molecule has 0 aliphatic rings. The van der Waals surface area contributed by atoms with Gasteiger partial charge in [-0.25, -0.2) is 5.43 Å². The highest BCUT2D eigenvalue weighted by Gasteiger charge is 2.16. The molecule has 3 rings (SSSR count). The molecule has 6 heteroatoms. The molecule has 2 aromatic carbocycles. The lowest BCUT2D eigenvalue weighted by Crippen LogP contribution is -2.36. The molecule has 0 saturated heterocycles. The summed E-state index contributed by atoms with van der Waals surface area (Å²) in [5.74, 6) is -0.106. The van der Waals surface area contributed by atoms with Crippen LogP contribution in [-0.2, 0) is 6.54 Å². The van der Waals surface area contributed by atoms with Crippen LogP contribution in [0.15, 0.2) is 48.5 Å². The maximum atomic E-state index is 12.2. The number of hydrogen-bond donors (Lipinski definition) is 3. The molecule has 0 saturated carbocycles. The zero-order valence-corrected chi connectivity index (χ0v) is 13.0. The first-order chi connectivity index (χ1) is 10.7. The van der Waals surface area contributed by atoms with E-state index in [0.717, 1.165) is 10.1 Å². The molecular weight excluding hydrogens is 320 g/mol. The molecule has 0 atom stereocenters. The van der Waals surface area contributed by atoms with Crippen LogP contribution in [0.2, 0.25) is 5.02 Å². The monoisotopic (exact) mass is 332 g/mol. The summed E-state index contributed by atoms with van der Waals surface area (Å²) in [4.78, 5) is 12.7. The maximum Gasteiger partial charge on any atom is 0.277 e. The van der Waals surface area contributed by atoms with Crippen molar-refractivity contribution in [3.8, 4) is 5.75 Å². The van der Waals surface area contributed by atoms with Crippen LogP contribution in [0.3, 0.4) is 0 Å². The first-order valence-electron chi connectivity index (χ1n) is 6.64. The van der Waals surface area contributed by atoms with E-state index in [0.29, 0.717) is 22.0 Å². The Morgan fingerprint density at radius 2 is 1.86 bits per heavy atom. The summed E-state index contributed by atoms with van der Waals surface area (Å²) in [5.41, 5.74) is 6.10. The van der Waals surface area contributed by atoms with Crippen LogP contribution in [0.4, 0.5) is 0 Å². The second-order valence-corrected chi connectivity index (χ2v) is 6.11. The molecule has 4 nitrogen and oxygen atoms in total. The molecule has 112 valence electrons. The van der Waals surface area contributed by atoms with E-state index in [1.807, 2.05) is 30.3 Å². The lowest BCUT2D eigenvalue weighted by atomic mass is 10.2. The highest BCUT2D eigenvalue weighted by molar-refractivity contribution is 7.21. The highest BCUT2D eigenvalue weighted by Crippen LogP contribution is 2.34. The summed E-state index contributed by atoms with van der Waals surface area (Å²) in [7, 11) is 0. The minimum absolute atomic E-state index is 0.184. The molecule has 1 heterocycles. The second-order valence-electron chi connectivity index (χ2n) is 4.68. The van der Waals surface area contributed by atoms with Gasteiger partial charge < -0.3 is 5.11 Å². The van der Waals surface area contributed by atoms with Crippen molar-refractivity contribution in [1.82, 2.24) is 10.9 Å². The van der Waals surface area contributed by atoms with Crippen molar-refractivity contribution < 1.29 is 9.90 Å². The lowest BCUT2D eigenvalue weighted by molar-refractivity contribution is 0.0936. The van der Waals surface area contributed by atoms with Crippen LogP contribution in [0.1, 0.15) is 15.2 Å². The third-order valence-corrected chi connectivity index (χ3v) is 4.89. The van der Waals surface area contributed by atoms with E-state index < -0.39 is 0 Å². The summed E-state index contributed by atoms with van der Waals surface area (Å²) >= 11 is 7.60. The Labute approximate surface area is 136 Å². The van der Waals surface area contributed by atoms with Crippen molar-refractivity contribution in [1.29, 1.82) is 0 Å². The number of rotatable bonds is 4. The molecule has 0 aliphatic carbocycles. The molecule has 1 amide bonds. The molecule has 0 radical (unpaired) electrons. The number of phenolic OH excluding ortho intramolecular Hbond substituents is 1. The van der Waals surface area contributed by atoms with Crippen molar-refractivity contribution in [3.05, 3.63) is 64.0 Å². The fourth-order valence-electron chi connectivity index (χ4n) is 2.10. The number of phenols is 1. The molecule has 3 aromatic rings. The molecule has 0 bridgehead atoms. The predicted molar refractivity (Wildman–Crippen MR) is 89.2 cm³/mol. The molecule has 0 aliphatic heterocycles. The van der Waals surface area contributed by atoms with Gasteiger partial charge in [0, 0.05) is 22.2 Å². The third kappa shape index (κ3) is 2.92. The van der Waals surface area contributed by atoms with Gasteiger partial charge in [-0.1, -0.05) is 48.0 Å². The van der Waals surface area contributed by atoms with Crippen molar-refractivity contribution >= 4 is 38.9 Å². The summed E-state index contributed by atoms with van der Waals surface area (Å²) in [5, 5.41) is 11.0. The number of carbonyl (C=O) groups excluding carboxylic acids is 1. The van der Waals surface area contributed by atoms with Crippen LogP contribution in [0.25, 0.3) is 10.1 Å². The van der Waals surface area contributed by atoms with Gasteiger partial charge >= 0.3 is 0 Å². The van der Waals surface area contributed by atoms with Crippen LogP contribution in [0, 0.1) is 0 Å². The average Bonchev–Trinajstić information content (AvgIpc) is 2.87. The minimum Gasteiger partial charge on any atom is -0.508 e. The zero-order chi connectivity index (χ0) is 15.5. The number of halogens is 1. The summed E-state index contributed by atoms with van der Waals surface area (Å²) in [6, 6.07) is 14.6. The van der Waals surface area contributed by atoms with Gasteiger partial charge in [0.1, 0.15) is 10.6 Å². The second kappa shape index (κ2) is 6.36. The highest BCUT2D eigenvalue weighted by atomic mass is 35.5. The molecule has 0 unspecified atom stereocenters. The largest absolute Gasteiger partial charge is 0.508 e. The van der Waals surface area contributed by atoms with Crippen LogP contribution >= 0.6 is 22.9 Å². The van der Waals surface area contributed by atoms with Crippen molar-refractivity contribution in [2.24, 2.45) is 0 Å². The number of benzene rings is 2. The van der Waals surface area contributed by atoms with Gasteiger partial charge in [-0.05, 0) is 12.1 Å². The summed E-state index contributed by atoms with van der Waals surface area (Å²) in [6.07, 6.45) is 0. The number of hydrogen-bond acceptors (Lipinski definition) is 4. The van der Waals surface area contributed by atoms with Gasteiger partial charge in [-0.2, -0.15) is 0 Å². The standard InChI is InChI=1S/C16H13ClN2O2S/c17-14-11-6-2-4-8-13(11)22-15(14)16(21)19-18-9-10-5-1-3-7-12(10)20/h1-8,18,20H,9H2,(H,19,21). The zero-order valence-electron chi connectivity index (χ0n) is 11.5. The fraction of sp³-hybridized carbons (Fsp3) is 0.0625. The minimum atomic E-state index is -0.290. The van der Waals surface area contributed by atoms with E-state index >= 15 is 0 Å². The van der Waals surface area contributed by atoms with E-state index in [-0.39, 0.29) is 11.7 Å². The summed E-state index contributed by atoms with van der Waals surface area (Å²) < 4.78 is 0.971. The third-order valence-electron chi connectivity index (χ3n) is 3.21. The molecule has 0 spiro atoms. The maximum absolute atomic E-state index is 12.2. The van der Waals surface area contributed by atoms with E-state index in [1.165, 1.54) is 11.3 Å². The van der Waals surface area contributed by atoms with Crippen molar-refractivity contribution in [2.45, 2.75) is 6.54 Å².